The molecule has 0 unspecified atom stereocenters. The third kappa shape index (κ3) is 4.42. The molecule has 2 heterocycles. The van der Waals surface area contributed by atoms with Crippen molar-refractivity contribution < 1.29 is 13.9 Å². The van der Waals surface area contributed by atoms with Gasteiger partial charge >= 0.3 is 0 Å². The van der Waals surface area contributed by atoms with Crippen molar-refractivity contribution in [1.29, 1.82) is 0 Å². The van der Waals surface area contributed by atoms with Gasteiger partial charge in [0.25, 0.3) is 0 Å². The average Bonchev–Trinajstić information content (AvgIpc) is 3.28. The van der Waals surface area contributed by atoms with Crippen molar-refractivity contribution in [2.45, 2.75) is 16.4 Å². The monoisotopic (exact) mass is 425 g/mol. The van der Waals surface area contributed by atoms with Crippen LogP contribution in [0.4, 0.5) is 11.4 Å². The third-order valence-electron chi connectivity index (χ3n) is 4.85. The van der Waals surface area contributed by atoms with Crippen LogP contribution < -0.4 is 10.1 Å². The molecule has 0 atom stereocenters. The maximum atomic E-state index is 12.7. The van der Waals surface area contributed by atoms with Crippen LogP contribution in [0.15, 0.2) is 105 Å². The summed E-state index contributed by atoms with van der Waals surface area (Å²) < 4.78 is 11.4. The summed E-state index contributed by atoms with van der Waals surface area (Å²) in [5.41, 5.74) is 2.63. The van der Waals surface area contributed by atoms with Crippen LogP contribution in [0.2, 0.25) is 0 Å². The lowest BCUT2D eigenvalue weighted by Gasteiger charge is -2.20. The van der Waals surface area contributed by atoms with Crippen LogP contribution in [-0.4, -0.2) is 5.78 Å². The van der Waals surface area contributed by atoms with Gasteiger partial charge in [0.1, 0.15) is 23.9 Å². The van der Waals surface area contributed by atoms with Crippen LogP contribution in [0, 0.1) is 0 Å². The molecular formula is C26H19NO3S. The predicted molar refractivity (Wildman–Crippen MR) is 123 cm³/mol. The van der Waals surface area contributed by atoms with Gasteiger partial charge in [0, 0.05) is 15.4 Å². The first-order valence-corrected chi connectivity index (χ1v) is 10.7. The van der Waals surface area contributed by atoms with E-state index in [0.717, 1.165) is 22.0 Å². The summed E-state index contributed by atoms with van der Waals surface area (Å²) in [5, 5.41) is 3.41. The van der Waals surface area contributed by atoms with Gasteiger partial charge in [-0.3, -0.25) is 4.79 Å². The molecule has 3 aromatic carbocycles. The van der Waals surface area contributed by atoms with Crippen molar-refractivity contribution >= 4 is 35.0 Å². The maximum absolute atomic E-state index is 12.7. The minimum atomic E-state index is -0.0769. The van der Waals surface area contributed by atoms with Crippen molar-refractivity contribution in [1.82, 2.24) is 0 Å². The Labute approximate surface area is 184 Å². The number of para-hydroxylation sites is 2. The van der Waals surface area contributed by atoms with Gasteiger partial charge in [-0.25, -0.2) is 0 Å². The molecule has 0 aliphatic carbocycles. The molecule has 0 spiro atoms. The first-order chi connectivity index (χ1) is 15.2. The topological polar surface area (TPSA) is 51.5 Å². The summed E-state index contributed by atoms with van der Waals surface area (Å²) in [4.78, 5) is 15.0. The summed E-state index contributed by atoms with van der Waals surface area (Å²) in [6.07, 6.45) is 3.22. The molecule has 0 amide bonds. The van der Waals surface area contributed by atoms with E-state index < -0.39 is 0 Å². The predicted octanol–water partition coefficient (Wildman–Crippen LogP) is 6.96. The number of anilines is 2. The second-order valence-electron chi connectivity index (χ2n) is 7.04. The molecule has 1 aliphatic rings. The van der Waals surface area contributed by atoms with E-state index in [1.165, 1.54) is 11.0 Å². The van der Waals surface area contributed by atoms with Crippen molar-refractivity contribution in [3.05, 3.63) is 108 Å². The summed E-state index contributed by atoms with van der Waals surface area (Å²) in [6, 6.07) is 27.1. The Morgan fingerprint density at radius 2 is 1.71 bits per heavy atom. The first-order valence-electron chi connectivity index (χ1n) is 9.91. The number of carbonyl (C=O) groups excluding carboxylic acids is 1. The first kappa shape index (κ1) is 19.3. The minimum absolute atomic E-state index is 0.0769. The number of furan rings is 1. The van der Waals surface area contributed by atoms with Crippen molar-refractivity contribution in [2.24, 2.45) is 0 Å². The number of benzene rings is 3. The van der Waals surface area contributed by atoms with Gasteiger partial charge in [-0.05, 0) is 66.7 Å². The van der Waals surface area contributed by atoms with Crippen molar-refractivity contribution in [3.8, 4) is 5.75 Å². The molecule has 1 aromatic heterocycles. The highest BCUT2D eigenvalue weighted by atomic mass is 32.2. The second-order valence-corrected chi connectivity index (χ2v) is 8.12. The molecule has 31 heavy (non-hydrogen) atoms. The largest absolute Gasteiger partial charge is 0.486 e. The molecule has 5 rings (SSSR count). The highest BCUT2D eigenvalue weighted by Crippen LogP contribution is 2.44. The zero-order valence-corrected chi connectivity index (χ0v) is 17.4. The number of nitrogens with one attached hydrogen (secondary N) is 1. The van der Waals surface area contributed by atoms with Gasteiger partial charge in [-0.1, -0.05) is 42.1 Å². The third-order valence-corrected chi connectivity index (χ3v) is 6.00. The Balaban J connectivity index is 1.24. The van der Waals surface area contributed by atoms with Gasteiger partial charge in [0.2, 0.25) is 0 Å². The molecule has 152 valence electrons. The Kier molecular flexibility index (Phi) is 5.33. The van der Waals surface area contributed by atoms with Crippen LogP contribution in [0.1, 0.15) is 21.9 Å². The zero-order valence-electron chi connectivity index (χ0n) is 16.6. The molecular weight excluding hydrogens is 406 g/mol. The summed E-state index contributed by atoms with van der Waals surface area (Å²) >= 11 is 1.70. The number of hydrogen-bond acceptors (Lipinski definition) is 5. The number of ketones is 1. The summed E-state index contributed by atoms with van der Waals surface area (Å²) in [5.74, 6) is 2.02. The lowest BCUT2D eigenvalue weighted by Crippen LogP contribution is -2.02. The molecule has 4 aromatic rings. The highest BCUT2D eigenvalue weighted by molar-refractivity contribution is 7.99. The molecule has 0 radical (unpaired) electrons. The smallest absolute Gasteiger partial charge is 0.186 e. The number of rotatable bonds is 6. The van der Waals surface area contributed by atoms with Gasteiger partial charge in [0.15, 0.2) is 5.78 Å². The quantitative estimate of drug-likeness (QED) is 0.235. The lowest BCUT2D eigenvalue weighted by atomic mass is 10.1. The second kappa shape index (κ2) is 8.58. The Hall–Kier alpha value is -3.70. The molecule has 1 aliphatic heterocycles. The highest BCUT2D eigenvalue weighted by Gasteiger charge is 2.16. The average molecular weight is 426 g/mol. The molecule has 1 N–H and O–H groups in total. The number of allylic oxidation sites excluding steroid dienone is 1. The van der Waals surface area contributed by atoms with Crippen LogP contribution in [0.3, 0.4) is 0 Å². The van der Waals surface area contributed by atoms with E-state index in [4.69, 9.17) is 9.15 Å². The van der Waals surface area contributed by atoms with Crippen LogP contribution >= 0.6 is 11.8 Å². The number of carbonyl (C=O) groups is 1. The van der Waals surface area contributed by atoms with E-state index in [-0.39, 0.29) is 5.78 Å². The van der Waals surface area contributed by atoms with Gasteiger partial charge in [-0.2, -0.15) is 0 Å². The van der Waals surface area contributed by atoms with Crippen molar-refractivity contribution in [2.75, 3.05) is 5.32 Å². The fourth-order valence-corrected chi connectivity index (χ4v) is 4.25. The lowest BCUT2D eigenvalue weighted by molar-refractivity contribution is 0.104. The molecule has 4 nitrogen and oxygen atoms in total. The Morgan fingerprint density at radius 1 is 0.903 bits per heavy atom. The Bertz CT molecular complexity index is 1260. The molecule has 0 saturated carbocycles. The van der Waals surface area contributed by atoms with Gasteiger partial charge in [0.05, 0.1) is 11.4 Å². The van der Waals surface area contributed by atoms with Crippen LogP contribution in [0.25, 0.3) is 6.08 Å². The minimum Gasteiger partial charge on any atom is -0.486 e. The van der Waals surface area contributed by atoms with E-state index in [0.29, 0.717) is 23.7 Å². The molecule has 0 saturated heterocycles. The zero-order chi connectivity index (χ0) is 21.0. The number of fused-ring (bicyclic) bond motifs is 2. The van der Waals surface area contributed by atoms with Crippen LogP contribution in [-0.2, 0) is 6.61 Å². The fourth-order valence-electron chi connectivity index (χ4n) is 3.28. The maximum Gasteiger partial charge on any atom is 0.186 e. The molecule has 0 bridgehead atoms. The van der Waals surface area contributed by atoms with E-state index >= 15 is 0 Å². The summed E-state index contributed by atoms with van der Waals surface area (Å²) in [6.45, 7) is 0.335. The Morgan fingerprint density at radius 3 is 2.61 bits per heavy atom. The summed E-state index contributed by atoms with van der Waals surface area (Å²) in [7, 11) is 0. The number of ether oxygens (including phenoxy) is 1. The van der Waals surface area contributed by atoms with E-state index in [1.54, 1.807) is 17.8 Å². The SMILES string of the molecule is O=C(/C=C/c1ccc(COc2ccccc2)o1)c1ccc2c(c1)Nc1ccccc1S2. The van der Waals surface area contributed by atoms with E-state index in [9.17, 15) is 4.79 Å². The van der Waals surface area contributed by atoms with E-state index in [2.05, 4.69) is 11.4 Å². The fraction of sp³-hybridized carbons (Fsp3) is 0.0385. The van der Waals surface area contributed by atoms with Crippen LogP contribution in [0.5, 0.6) is 5.75 Å². The van der Waals surface area contributed by atoms with Gasteiger partial charge in [-0.15, -0.1) is 0 Å². The molecule has 0 fully saturated rings. The van der Waals surface area contributed by atoms with Gasteiger partial charge < -0.3 is 14.5 Å². The molecule has 5 heteroatoms. The van der Waals surface area contributed by atoms with Crippen molar-refractivity contribution in [3.63, 3.8) is 0 Å². The number of hydrogen-bond donors (Lipinski definition) is 1. The standard InChI is InChI=1S/C26H19NO3S/c28-24(14-13-20-11-12-21(30-20)17-29-19-6-2-1-3-7-19)18-10-15-26-23(16-18)27-22-8-4-5-9-25(22)31-26/h1-16,27H,17H2/b14-13+. The normalized spacial score (nSPS) is 12.1. The van der Waals surface area contributed by atoms with E-state index in [1.807, 2.05) is 78.9 Å².